The molecule has 0 spiro atoms. The normalized spacial score (nSPS) is 12.9. The number of allylic oxidation sites excluding steroid dienone is 6. The fourth-order valence-corrected chi connectivity index (χ4v) is 3.83. The first-order valence-electron chi connectivity index (χ1n) is 14.3. The predicted octanol–water partition coefficient (Wildman–Crippen LogP) is 10.3. The number of esters is 1. The highest BCUT2D eigenvalue weighted by atomic mass is 16.5. The molecule has 0 aliphatic heterocycles. The fourth-order valence-electron chi connectivity index (χ4n) is 3.83. The number of hydrogen-bond acceptors (Lipinski definition) is 2. The van der Waals surface area contributed by atoms with Crippen LogP contribution in [0.4, 0.5) is 0 Å². The molecule has 2 nitrogen and oxygen atoms in total. The Morgan fingerprint density at radius 1 is 0.667 bits per heavy atom. The van der Waals surface area contributed by atoms with E-state index in [1.54, 1.807) is 0 Å². The minimum absolute atomic E-state index is 0.00113. The molecule has 0 radical (unpaired) electrons. The van der Waals surface area contributed by atoms with Gasteiger partial charge in [-0.2, -0.15) is 0 Å². The predicted molar refractivity (Wildman–Crippen MR) is 147 cm³/mol. The monoisotopic (exact) mass is 460 g/mol. The lowest BCUT2D eigenvalue weighted by molar-refractivity contribution is -0.143. The molecule has 0 saturated carbocycles. The molecule has 0 heterocycles. The Bertz CT molecular complexity index is 489. The molecule has 33 heavy (non-hydrogen) atoms. The van der Waals surface area contributed by atoms with Crippen molar-refractivity contribution in [3.05, 3.63) is 36.5 Å². The summed E-state index contributed by atoms with van der Waals surface area (Å²) in [6.45, 7) is 7.42. The van der Waals surface area contributed by atoms with Gasteiger partial charge in [-0.3, -0.25) is 4.79 Å². The molecule has 1 unspecified atom stereocenters. The summed E-state index contributed by atoms with van der Waals surface area (Å²) in [6, 6.07) is 0. The Hall–Kier alpha value is -1.31. The van der Waals surface area contributed by atoms with Crippen LogP contribution in [0.25, 0.3) is 0 Å². The zero-order valence-corrected chi connectivity index (χ0v) is 22.5. The van der Waals surface area contributed by atoms with Crippen molar-refractivity contribution in [1.82, 2.24) is 0 Å². The van der Waals surface area contributed by atoms with Crippen molar-refractivity contribution in [2.75, 3.05) is 6.61 Å². The minimum atomic E-state index is 0.00113. The van der Waals surface area contributed by atoms with E-state index in [0.29, 0.717) is 13.0 Å². The Balaban J connectivity index is 3.29. The molecule has 2 heteroatoms. The molecule has 0 aliphatic rings. The molecule has 0 bridgehead atoms. The SMILES string of the molecule is CC/C=C\C/C=C\C/C=C\CCCCCCCC(=O)OCCCCCCCCCC(C)CC. The van der Waals surface area contributed by atoms with E-state index in [2.05, 4.69) is 57.2 Å². The average Bonchev–Trinajstić information content (AvgIpc) is 2.82. The largest absolute Gasteiger partial charge is 0.466 e. The molecule has 0 aromatic carbocycles. The maximum Gasteiger partial charge on any atom is 0.305 e. The summed E-state index contributed by atoms with van der Waals surface area (Å²) in [5, 5.41) is 0. The molecule has 0 N–H and O–H groups in total. The van der Waals surface area contributed by atoms with Crippen molar-refractivity contribution in [1.29, 1.82) is 0 Å². The highest BCUT2D eigenvalue weighted by Crippen LogP contribution is 2.14. The van der Waals surface area contributed by atoms with Crippen molar-refractivity contribution in [2.45, 2.75) is 143 Å². The van der Waals surface area contributed by atoms with E-state index in [0.717, 1.165) is 44.4 Å². The molecule has 0 rings (SSSR count). The third-order valence-corrected chi connectivity index (χ3v) is 6.33. The Morgan fingerprint density at radius 3 is 1.88 bits per heavy atom. The second-order valence-corrected chi connectivity index (χ2v) is 9.60. The van der Waals surface area contributed by atoms with Crippen LogP contribution in [0.3, 0.4) is 0 Å². The number of carbonyl (C=O) groups excluding carboxylic acids is 1. The third-order valence-electron chi connectivity index (χ3n) is 6.33. The second kappa shape index (κ2) is 26.9. The van der Waals surface area contributed by atoms with E-state index in [4.69, 9.17) is 4.74 Å². The number of unbranched alkanes of at least 4 members (excludes halogenated alkanes) is 11. The van der Waals surface area contributed by atoms with Crippen LogP contribution in [0.5, 0.6) is 0 Å². The van der Waals surface area contributed by atoms with Gasteiger partial charge in [-0.15, -0.1) is 0 Å². The van der Waals surface area contributed by atoms with Crippen molar-refractivity contribution < 1.29 is 9.53 Å². The summed E-state index contributed by atoms with van der Waals surface area (Å²) >= 11 is 0. The topological polar surface area (TPSA) is 26.3 Å². The van der Waals surface area contributed by atoms with Crippen LogP contribution < -0.4 is 0 Å². The van der Waals surface area contributed by atoms with E-state index >= 15 is 0 Å². The van der Waals surface area contributed by atoms with Gasteiger partial charge in [0.1, 0.15) is 0 Å². The molecule has 0 amide bonds. The molecule has 0 fully saturated rings. The van der Waals surface area contributed by atoms with E-state index in [1.807, 2.05) is 0 Å². The number of hydrogen-bond donors (Lipinski definition) is 0. The molecule has 0 aromatic rings. The minimum Gasteiger partial charge on any atom is -0.466 e. The highest BCUT2D eigenvalue weighted by Gasteiger charge is 2.02. The first kappa shape index (κ1) is 31.7. The zero-order chi connectivity index (χ0) is 24.2. The van der Waals surface area contributed by atoms with Gasteiger partial charge in [0.05, 0.1) is 6.61 Å². The van der Waals surface area contributed by atoms with Gasteiger partial charge in [0.25, 0.3) is 0 Å². The van der Waals surface area contributed by atoms with Gasteiger partial charge in [0.15, 0.2) is 0 Å². The maximum atomic E-state index is 11.8. The van der Waals surface area contributed by atoms with E-state index in [9.17, 15) is 4.79 Å². The summed E-state index contributed by atoms with van der Waals surface area (Å²) < 4.78 is 5.39. The van der Waals surface area contributed by atoms with Gasteiger partial charge in [-0.05, 0) is 50.9 Å². The fraction of sp³-hybridized carbons (Fsp3) is 0.774. The number of carbonyl (C=O) groups is 1. The van der Waals surface area contributed by atoms with Gasteiger partial charge >= 0.3 is 5.97 Å². The first-order valence-corrected chi connectivity index (χ1v) is 14.3. The maximum absolute atomic E-state index is 11.8. The van der Waals surface area contributed by atoms with Crippen molar-refractivity contribution >= 4 is 5.97 Å². The van der Waals surface area contributed by atoms with Crippen LogP contribution in [-0.2, 0) is 9.53 Å². The number of rotatable bonds is 24. The summed E-state index contributed by atoms with van der Waals surface area (Å²) in [5.74, 6) is 0.893. The van der Waals surface area contributed by atoms with Gasteiger partial charge in [-0.25, -0.2) is 0 Å². The standard InChI is InChI=1S/C31H56O2/c1-4-6-7-8-9-10-11-12-13-14-15-16-19-22-25-28-31(32)33-29-26-23-20-17-18-21-24-27-30(3)5-2/h6-7,9-10,12-13,30H,4-5,8,11,14-29H2,1-3H3/b7-6-,10-9-,13-12-. The third kappa shape index (κ3) is 26.8. The van der Waals surface area contributed by atoms with Crippen LogP contribution in [0.1, 0.15) is 143 Å². The molecular weight excluding hydrogens is 404 g/mol. The summed E-state index contributed by atoms with van der Waals surface area (Å²) in [6.07, 6.45) is 36.0. The van der Waals surface area contributed by atoms with Crippen molar-refractivity contribution in [3.63, 3.8) is 0 Å². The number of ether oxygens (including phenoxy) is 1. The van der Waals surface area contributed by atoms with Gasteiger partial charge in [-0.1, -0.05) is 128 Å². The first-order chi connectivity index (χ1) is 16.2. The van der Waals surface area contributed by atoms with Crippen LogP contribution in [0, 0.1) is 5.92 Å². The average molecular weight is 461 g/mol. The van der Waals surface area contributed by atoms with Crippen LogP contribution in [0.2, 0.25) is 0 Å². The molecular formula is C31H56O2. The molecule has 0 aromatic heterocycles. The van der Waals surface area contributed by atoms with Gasteiger partial charge in [0.2, 0.25) is 0 Å². The molecule has 0 saturated heterocycles. The Morgan fingerprint density at radius 2 is 1.21 bits per heavy atom. The molecule has 192 valence electrons. The summed E-state index contributed by atoms with van der Waals surface area (Å²) in [5.41, 5.74) is 0. The quantitative estimate of drug-likeness (QED) is 0.0813. The lowest BCUT2D eigenvalue weighted by Gasteiger charge is -2.07. The van der Waals surface area contributed by atoms with E-state index in [-0.39, 0.29) is 5.97 Å². The highest BCUT2D eigenvalue weighted by molar-refractivity contribution is 5.69. The van der Waals surface area contributed by atoms with E-state index < -0.39 is 0 Å². The van der Waals surface area contributed by atoms with Crippen LogP contribution >= 0.6 is 0 Å². The van der Waals surface area contributed by atoms with Crippen LogP contribution in [0.15, 0.2) is 36.5 Å². The Kier molecular flexibility index (Phi) is 25.9. The lowest BCUT2D eigenvalue weighted by atomic mass is 10.00. The van der Waals surface area contributed by atoms with Crippen LogP contribution in [-0.4, -0.2) is 12.6 Å². The van der Waals surface area contributed by atoms with Gasteiger partial charge < -0.3 is 4.74 Å². The summed E-state index contributed by atoms with van der Waals surface area (Å²) in [4.78, 5) is 11.8. The molecule has 0 aliphatic carbocycles. The van der Waals surface area contributed by atoms with Crippen molar-refractivity contribution in [3.8, 4) is 0 Å². The lowest BCUT2D eigenvalue weighted by Crippen LogP contribution is -2.05. The second-order valence-electron chi connectivity index (χ2n) is 9.60. The zero-order valence-electron chi connectivity index (χ0n) is 22.5. The van der Waals surface area contributed by atoms with Gasteiger partial charge in [0, 0.05) is 6.42 Å². The van der Waals surface area contributed by atoms with E-state index in [1.165, 1.54) is 77.0 Å². The smallest absolute Gasteiger partial charge is 0.305 e. The Labute approximate surface area is 207 Å². The summed E-state index contributed by atoms with van der Waals surface area (Å²) in [7, 11) is 0. The van der Waals surface area contributed by atoms with Crippen molar-refractivity contribution in [2.24, 2.45) is 5.92 Å². The molecule has 1 atom stereocenters.